The standard InChI is InChI=1S/C36H30N2O6/c1-42-24-16-12-22(13-17-24)34(40)32-31(33(39)23-14-18-28(43-2)29(20-23)44-3)36(25-9-5-6-10-26(25)37-35(36)41)30-19-15-21-8-4-7-11-27(21)38(30)32/h4-20,30-32H,1-3H3,(H,37,41)/t30-,31-,32+,36+/m1/s1. The van der Waals surface area contributed by atoms with Gasteiger partial charge in [0.25, 0.3) is 0 Å². The first-order valence-electron chi connectivity index (χ1n) is 14.3. The number of ketones is 2. The number of anilines is 2. The molecule has 0 aromatic heterocycles. The van der Waals surface area contributed by atoms with Crippen LogP contribution < -0.4 is 24.4 Å². The molecule has 0 saturated carbocycles. The molecule has 1 amide bonds. The molecule has 0 radical (unpaired) electrons. The summed E-state index contributed by atoms with van der Waals surface area (Å²) in [5.41, 5.74) is 2.32. The molecule has 0 bridgehead atoms. The number of nitrogens with zero attached hydrogens (tertiary/aromatic N) is 1. The van der Waals surface area contributed by atoms with Crippen molar-refractivity contribution in [2.24, 2.45) is 5.92 Å². The lowest BCUT2D eigenvalue weighted by molar-refractivity contribution is -0.121. The second-order valence-corrected chi connectivity index (χ2v) is 11.1. The molecule has 0 aliphatic carbocycles. The van der Waals surface area contributed by atoms with Gasteiger partial charge in [-0.05, 0) is 65.7 Å². The number of rotatable bonds is 7. The largest absolute Gasteiger partial charge is 0.497 e. The van der Waals surface area contributed by atoms with E-state index in [-0.39, 0.29) is 17.5 Å². The second kappa shape index (κ2) is 10.4. The van der Waals surface area contributed by atoms with Gasteiger partial charge in [0.2, 0.25) is 5.91 Å². The third kappa shape index (κ3) is 3.80. The molecule has 7 rings (SSSR count). The third-order valence-electron chi connectivity index (χ3n) is 9.14. The van der Waals surface area contributed by atoms with E-state index in [1.54, 1.807) is 49.6 Å². The SMILES string of the molecule is COc1ccc(C(=O)[C@@H]2[C@H](C(=O)c3ccc(OC)c(OC)c3)[C@@]3(C(=O)Nc4ccccc43)[C@H]3C=Cc4ccccc4N23)cc1. The molecule has 4 aromatic rings. The Labute approximate surface area is 254 Å². The molecule has 0 unspecified atom stereocenters. The number of carbonyl (C=O) groups excluding carboxylic acids is 3. The van der Waals surface area contributed by atoms with Crippen molar-refractivity contribution in [3.05, 3.63) is 119 Å². The summed E-state index contributed by atoms with van der Waals surface area (Å²) in [4.78, 5) is 46.3. The molecule has 1 spiro atoms. The molecule has 44 heavy (non-hydrogen) atoms. The fourth-order valence-electron chi connectivity index (χ4n) is 7.21. The van der Waals surface area contributed by atoms with Crippen LogP contribution in [-0.2, 0) is 10.2 Å². The van der Waals surface area contributed by atoms with E-state index < -0.39 is 23.4 Å². The lowest BCUT2D eigenvalue weighted by atomic mass is 9.64. The molecule has 8 nitrogen and oxygen atoms in total. The summed E-state index contributed by atoms with van der Waals surface area (Å²) in [5.74, 6) is -0.575. The van der Waals surface area contributed by atoms with Crippen LogP contribution >= 0.6 is 0 Å². The van der Waals surface area contributed by atoms with Crippen molar-refractivity contribution < 1.29 is 28.6 Å². The first-order chi connectivity index (χ1) is 21.4. The van der Waals surface area contributed by atoms with Gasteiger partial charge in [0, 0.05) is 22.5 Å². The highest BCUT2D eigenvalue weighted by Crippen LogP contribution is 2.58. The molecule has 220 valence electrons. The Bertz CT molecular complexity index is 1850. The van der Waals surface area contributed by atoms with Crippen LogP contribution in [0.1, 0.15) is 31.8 Å². The Kier molecular flexibility index (Phi) is 6.50. The smallest absolute Gasteiger partial charge is 0.238 e. The van der Waals surface area contributed by atoms with Crippen molar-refractivity contribution in [2.45, 2.75) is 17.5 Å². The van der Waals surface area contributed by atoms with Crippen LogP contribution in [0.5, 0.6) is 17.2 Å². The Morgan fingerprint density at radius 2 is 1.48 bits per heavy atom. The zero-order valence-corrected chi connectivity index (χ0v) is 24.4. The van der Waals surface area contributed by atoms with Crippen molar-refractivity contribution in [1.82, 2.24) is 0 Å². The summed E-state index contributed by atoms with van der Waals surface area (Å²) in [5, 5.41) is 3.05. The number of nitrogens with one attached hydrogen (secondary N) is 1. The maximum Gasteiger partial charge on any atom is 0.238 e. The van der Waals surface area contributed by atoms with Crippen molar-refractivity contribution in [3.63, 3.8) is 0 Å². The maximum absolute atomic E-state index is 15.0. The van der Waals surface area contributed by atoms with Crippen LogP contribution in [0.25, 0.3) is 6.08 Å². The minimum Gasteiger partial charge on any atom is -0.497 e. The Morgan fingerprint density at radius 1 is 0.773 bits per heavy atom. The van der Waals surface area contributed by atoms with Crippen LogP contribution in [0.4, 0.5) is 11.4 Å². The predicted octanol–water partition coefficient (Wildman–Crippen LogP) is 5.57. The number of methoxy groups -OCH3 is 3. The van der Waals surface area contributed by atoms with Gasteiger partial charge >= 0.3 is 0 Å². The molecule has 8 heteroatoms. The van der Waals surface area contributed by atoms with E-state index in [2.05, 4.69) is 5.32 Å². The number of carbonyl (C=O) groups is 3. The Morgan fingerprint density at radius 3 is 2.23 bits per heavy atom. The number of para-hydroxylation sites is 2. The lowest BCUT2D eigenvalue weighted by Crippen LogP contribution is -2.51. The van der Waals surface area contributed by atoms with Crippen LogP contribution in [0.3, 0.4) is 0 Å². The van der Waals surface area contributed by atoms with E-state index in [1.807, 2.05) is 65.6 Å². The van der Waals surface area contributed by atoms with Gasteiger partial charge in [0.05, 0.1) is 33.3 Å². The van der Waals surface area contributed by atoms with Crippen LogP contribution in [0.15, 0.2) is 97.1 Å². The molecular weight excluding hydrogens is 556 g/mol. The molecule has 3 heterocycles. The first-order valence-corrected chi connectivity index (χ1v) is 14.3. The van der Waals surface area contributed by atoms with Crippen LogP contribution in [-0.4, -0.2) is 50.9 Å². The van der Waals surface area contributed by atoms with Gasteiger partial charge in [-0.25, -0.2) is 0 Å². The summed E-state index contributed by atoms with van der Waals surface area (Å²) in [6.45, 7) is 0. The first kappa shape index (κ1) is 27.5. The fraction of sp³-hybridized carbons (Fsp3) is 0.194. The third-order valence-corrected chi connectivity index (χ3v) is 9.14. The van der Waals surface area contributed by atoms with Gasteiger partial charge < -0.3 is 24.4 Å². The molecule has 3 aliphatic rings. The van der Waals surface area contributed by atoms with Gasteiger partial charge in [0.15, 0.2) is 23.1 Å². The van der Waals surface area contributed by atoms with E-state index >= 15 is 4.79 Å². The summed E-state index contributed by atoms with van der Waals surface area (Å²) in [6, 6.07) is 25.3. The number of ether oxygens (including phenoxy) is 3. The van der Waals surface area contributed by atoms with Gasteiger partial charge in [-0.1, -0.05) is 48.6 Å². The lowest BCUT2D eigenvalue weighted by Gasteiger charge is -2.37. The summed E-state index contributed by atoms with van der Waals surface area (Å²) >= 11 is 0. The zero-order valence-electron chi connectivity index (χ0n) is 24.4. The molecular formula is C36H30N2O6. The van der Waals surface area contributed by atoms with E-state index in [0.29, 0.717) is 39.6 Å². The summed E-state index contributed by atoms with van der Waals surface area (Å²) in [6.07, 6.45) is 3.94. The molecule has 4 aromatic carbocycles. The highest BCUT2D eigenvalue weighted by molar-refractivity contribution is 6.18. The van der Waals surface area contributed by atoms with Crippen molar-refractivity contribution in [2.75, 3.05) is 31.5 Å². The van der Waals surface area contributed by atoms with Gasteiger partial charge in [-0.2, -0.15) is 0 Å². The number of benzene rings is 4. The number of fused-ring (bicyclic) bond motifs is 6. The summed E-state index contributed by atoms with van der Waals surface area (Å²) < 4.78 is 16.3. The van der Waals surface area contributed by atoms with Gasteiger partial charge in [-0.3, -0.25) is 14.4 Å². The molecule has 1 fully saturated rings. The number of amides is 1. The number of Topliss-reactive ketones (excluding diaryl/α,β-unsaturated/α-hetero) is 2. The topological polar surface area (TPSA) is 94.2 Å². The van der Waals surface area contributed by atoms with Crippen LogP contribution in [0, 0.1) is 5.92 Å². The van der Waals surface area contributed by atoms with Crippen molar-refractivity contribution in [1.29, 1.82) is 0 Å². The quantitative estimate of drug-likeness (QED) is 0.283. The van der Waals surface area contributed by atoms with Crippen molar-refractivity contribution in [3.8, 4) is 17.2 Å². The fourth-order valence-corrected chi connectivity index (χ4v) is 7.21. The zero-order chi connectivity index (χ0) is 30.6. The second-order valence-electron chi connectivity index (χ2n) is 11.1. The van der Waals surface area contributed by atoms with E-state index in [9.17, 15) is 9.59 Å². The predicted molar refractivity (Wildman–Crippen MR) is 167 cm³/mol. The van der Waals surface area contributed by atoms with E-state index in [1.165, 1.54) is 14.2 Å². The Hall–Kier alpha value is -5.37. The number of hydrogen-bond acceptors (Lipinski definition) is 7. The minimum absolute atomic E-state index is 0.268. The van der Waals surface area contributed by atoms with Gasteiger partial charge in [-0.15, -0.1) is 0 Å². The maximum atomic E-state index is 15.0. The van der Waals surface area contributed by atoms with Crippen LogP contribution in [0.2, 0.25) is 0 Å². The minimum atomic E-state index is -1.41. The number of hydrogen-bond donors (Lipinski definition) is 1. The summed E-state index contributed by atoms with van der Waals surface area (Å²) in [7, 11) is 4.59. The van der Waals surface area contributed by atoms with E-state index in [0.717, 1.165) is 11.3 Å². The normalized spacial score (nSPS) is 22.6. The average molecular weight is 587 g/mol. The molecule has 3 aliphatic heterocycles. The van der Waals surface area contributed by atoms with Crippen molar-refractivity contribution >= 4 is 34.9 Å². The average Bonchev–Trinajstić information content (AvgIpc) is 3.55. The highest BCUT2D eigenvalue weighted by atomic mass is 16.5. The molecule has 1 saturated heterocycles. The molecule has 4 atom stereocenters. The Balaban J connectivity index is 1.51. The molecule has 1 N–H and O–H groups in total. The monoisotopic (exact) mass is 586 g/mol. The van der Waals surface area contributed by atoms with Gasteiger partial charge in [0.1, 0.15) is 17.2 Å². The van der Waals surface area contributed by atoms with E-state index in [4.69, 9.17) is 14.2 Å². The highest BCUT2D eigenvalue weighted by Gasteiger charge is 2.70.